The van der Waals surface area contributed by atoms with Gasteiger partial charge in [0.2, 0.25) is 0 Å². The second kappa shape index (κ2) is 13.8. The Balaban J connectivity index is 0.000000634. The van der Waals surface area contributed by atoms with E-state index >= 15 is 0 Å². The molecular formula is C38H43N. The van der Waals surface area contributed by atoms with Crippen molar-refractivity contribution in [1.29, 1.82) is 0 Å². The lowest BCUT2D eigenvalue weighted by molar-refractivity contribution is 0.346. The Bertz CT molecular complexity index is 1320. The predicted octanol–water partition coefficient (Wildman–Crippen LogP) is 10.5. The van der Waals surface area contributed by atoms with Crippen LogP contribution in [-0.2, 0) is 0 Å². The molecule has 4 aromatic carbocycles. The highest BCUT2D eigenvalue weighted by Gasteiger charge is 2.15. The van der Waals surface area contributed by atoms with Crippen molar-refractivity contribution >= 4 is 11.6 Å². The molecule has 1 saturated carbocycles. The fraction of sp³-hybridized carbons (Fsp3) is 0.263. The van der Waals surface area contributed by atoms with Gasteiger partial charge in [-0.3, -0.25) is 0 Å². The van der Waals surface area contributed by atoms with Gasteiger partial charge in [0.15, 0.2) is 0 Å². The Kier molecular flexibility index (Phi) is 9.97. The minimum Gasteiger partial charge on any atom is -0.375 e. The molecule has 0 aliphatic heterocycles. The van der Waals surface area contributed by atoms with Crippen LogP contribution in [0.4, 0.5) is 0 Å². The molecule has 4 aromatic rings. The molecule has 39 heavy (non-hydrogen) atoms. The number of likely N-dealkylation sites (N-methyl/N-ethyl adjacent to an activating group) is 1. The molecule has 0 radical (unpaired) electrons. The highest BCUT2D eigenvalue weighted by Crippen LogP contribution is 2.35. The fourth-order valence-corrected chi connectivity index (χ4v) is 4.90. The summed E-state index contributed by atoms with van der Waals surface area (Å²) in [4.78, 5) is 2.27. The van der Waals surface area contributed by atoms with Gasteiger partial charge in [0.25, 0.3) is 0 Å². The molecule has 1 nitrogen and oxygen atoms in total. The number of hydrogen-bond donors (Lipinski definition) is 0. The first-order valence-corrected chi connectivity index (χ1v) is 14.4. The molecule has 1 heteroatoms. The number of benzene rings is 4. The molecule has 0 amide bonds. The van der Waals surface area contributed by atoms with E-state index < -0.39 is 0 Å². The summed E-state index contributed by atoms with van der Waals surface area (Å²) in [6.45, 7) is 12.2. The monoisotopic (exact) mass is 513 g/mol. The lowest BCUT2D eigenvalue weighted by Gasteiger charge is -2.25. The van der Waals surface area contributed by atoms with Crippen LogP contribution in [0.3, 0.4) is 0 Å². The first-order chi connectivity index (χ1) is 19.0. The third-order valence-corrected chi connectivity index (χ3v) is 7.67. The molecule has 0 aromatic heterocycles. The summed E-state index contributed by atoms with van der Waals surface area (Å²) in [5.74, 6) is 1.06. The van der Waals surface area contributed by atoms with Crippen molar-refractivity contribution in [2.75, 3.05) is 13.6 Å². The van der Waals surface area contributed by atoms with Crippen molar-refractivity contribution in [1.82, 2.24) is 4.90 Å². The molecule has 1 aliphatic carbocycles. The van der Waals surface area contributed by atoms with E-state index in [2.05, 4.69) is 149 Å². The number of hydrogen-bond acceptors (Lipinski definition) is 1. The van der Waals surface area contributed by atoms with Crippen LogP contribution >= 0.6 is 0 Å². The summed E-state index contributed by atoms with van der Waals surface area (Å²) in [7, 11) is 2.14. The molecule has 0 atom stereocenters. The van der Waals surface area contributed by atoms with Gasteiger partial charge in [-0.1, -0.05) is 125 Å². The lowest BCUT2D eigenvalue weighted by atomic mass is 9.88. The minimum atomic E-state index is 0.966. The highest BCUT2D eigenvalue weighted by molar-refractivity contribution is 5.93. The van der Waals surface area contributed by atoms with Gasteiger partial charge in [0.05, 0.1) is 0 Å². The van der Waals surface area contributed by atoms with Crippen molar-refractivity contribution in [3.63, 3.8) is 0 Å². The molecular weight excluding hydrogens is 470 g/mol. The minimum absolute atomic E-state index is 0.966. The number of allylic oxidation sites excluding steroid dienone is 1. The Labute approximate surface area is 236 Å². The molecule has 0 spiro atoms. The zero-order chi connectivity index (χ0) is 27.6. The number of aryl methyl sites for hydroxylation is 1. The van der Waals surface area contributed by atoms with E-state index in [4.69, 9.17) is 0 Å². The van der Waals surface area contributed by atoms with Crippen LogP contribution in [-0.4, -0.2) is 18.5 Å². The van der Waals surface area contributed by atoms with Gasteiger partial charge in [-0.05, 0) is 82.5 Å². The van der Waals surface area contributed by atoms with E-state index in [0.29, 0.717) is 0 Å². The third-order valence-electron chi connectivity index (χ3n) is 7.67. The van der Waals surface area contributed by atoms with Crippen LogP contribution in [0.2, 0.25) is 0 Å². The highest BCUT2D eigenvalue weighted by atomic mass is 15.1. The lowest BCUT2D eigenvalue weighted by Crippen LogP contribution is -2.18. The Hall–Kier alpha value is -3.84. The third kappa shape index (κ3) is 7.60. The molecule has 1 aliphatic rings. The second-order valence-electron chi connectivity index (χ2n) is 10.9. The van der Waals surface area contributed by atoms with Gasteiger partial charge in [-0.25, -0.2) is 0 Å². The summed E-state index contributed by atoms with van der Waals surface area (Å²) < 4.78 is 0. The van der Waals surface area contributed by atoms with E-state index in [0.717, 1.165) is 30.2 Å². The van der Waals surface area contributed by atoms with E-state index in [1.54, 1.807) is 0 Å². The summed E-state index contributed by atoms with van der Waals surface area (Å²) in [5, 5.41) is 0. The van der Waals surface area contributed by atoms with Crippen molar-refractivity contribution in [2.24, 2.45) is 5.92 Å². The largest absolute Gasteiger partial charge is 0.375 e. The first-order valence-electron chi connectivity index (χ1n) is 14.4. The molecule has 0 unspecified atom stereocenters. The second-order valence-corrected chi connectivity index (χ2v) is 10.9. The number of rotatable bonds is 8. The van der Waals surface area contributed by atoms with Crippen LogP contribution < -0.4 is 0 Å². The smallest absolute Gasteiger partial charge is 0.0370 e. The Morgan fingerprint density at radius 2 is 1.31 bits per heavy atom. The standard InChI is InChI=1S/C33H33N.C5H10/c1-5-20-34(4)26(3)33(24-29-19-13-12-14-25(29)2)32-22-30(27-15-8-6-9-16-27)21-31(23-32)28-17-10-7-11-18-28;1-5-3-2-4-5/h6-19,21-24H,3,5,20H2,1-2,4H3;5H,2-4H2,1H3/b33-24+;. The predicted molar refractivity (Wildman–Crippen MR) is 171 cm³/mol. The van der Waals surface area contributed by atoms with E-state index in [1.807, 2.05) is 0 Å². The molecule has 200 valence electrons. The summed E-state index contributed by atoms with van der Waals surface area (Å²) in [6.07, 6.45) is 7.83. The summed E-state index contributed by atoms with van der Waals surface area (Å²) in [5.41, 5.74) is 10.7. The zero-order valence-electron chi connectivity index (χ0n) is 24.2. The van der Waals surface area contributed by atoms with Crippen LogP contribution in [0.25, 0.3) is 33.9 Å². The molecule has 5 rings (SSSR count). The molecule has 0 N–H and O–H groups in total. The van der Waals surface area contributed by atoms with Gasteiger partial charge in [-0.15, -0.1) is 0 Å². The van der Waals surface area contributed by atoms with Crippen molar-refractivity contribution < 1.29 is 0 Å². The van der Waals surface area contributed by atoms with Crippen LogP contribution in [0.5, 0.6) is 0 Å². The van der Waals surface area contributed by atoms with Crippen molar-refractivity contribution in [3.05, 3.63) is 132 Å². The van der Waals surface area contributed by atoms with Gasteiger partial charge in [0.1, 0.15) is 0 Å². The molecule has 1 fully saturated rings. The average molecular weight is 514 g/mol. The SMILES string of the molecule is C=C(/C(=C\c1ccccc1C)c1cc(-c2ccccc2)cc(-c2ccccc2)c1)N(C)CCC.CC1CCC1. The van der Waals surface area contributed by atoms with E-state index in [-0.39, 0.29) is 0 Å². The maximum Gasteiger partial charge on any atom is 0.0370 e. The number of nitrogens with zero attached hydrogens (tertiary/aromatic N) is 1. The topological polar surface area (TPSA) is 3.24 Å². The maximum absolute atomic E-state index is 4.54. The van der Waals surface area contributed by atoms with Crippen molar-refractivity contribution in [2.45, 2.75) is 46.5 Å². The quantitative estimate of drug-likeness (QED) is 0.167. The van der Waals surface area contributed by atoms with E-state index in [1.165, 1.54) is 58.2 Å². The molecule has 0 bridgehead atoms. The van der Waals surface area contributed by atoms with Gasteiger partial charge in [0, 0.05) is 24.9 Å². The van der Waals surface area contributed by atoms with Gasteiger partial charge in [-0.2, -0.15) is 0 Å². The normalized spacial score (nSPS) is 13.2. The van der Waals surface area contributed by atoms with Crippen molar-refractivity contribution in [3.8, 4) is 22.3 Å². The Morgan fingerprint density at radius 3 is 1.77 bits per heavy atom. The van der Waals surface area contributed by atoms with Crippen LogP contribution in [0.1, 0.15) is 56.2 Å². The van der Waals surface area contributed by atoms with Gasteiger partial charge < -0.3 is 4.90 Å². The average Bonchev–Trinajstić information content (AvgIpc) is 2.96. The fourth-order valence-electron chi connectivity index (χ4n) is 4.90. The van der Waals surface area contributed by atoms with Gasteiger partial charge >= 0.3 is 0 Å². The summed E-state index contributed by atoms with van der Waals surface area (Å²) >= 11 is 0. The summed E-state index contributed by atoms with van der Waals surface area (Å²) in [6, 6.07) is 36.7. The Morgan fingerprint density at radius 1 is 0.795 bits per heavy atom. The maximum atomic E-state index is 4.54. The van der Waals surface area contributed by atoms with Crippen LogP contribution in [0, 0.1) is 12.8 Å². The van der Waals surface area contributed by atoms with E-state index in [9.17, 15) is 0 Å². The molecule has 0 heterocycles. The molecule has 0 saturated heterocycles. The zero-order valence-corrected chi connectivity index (χ0v) is 24.2. The first kappa shape index (κ1) is 28.2. The van der Waals surface area contributed by atoms with Crippen LogP contribution in [0.15, 0.2) is 115 Å².